The highest BCUT2D eigenvalue weighted by Gasteiger charge is 2.12. The summed E-state index contributed by atoms with van der Waals surface area (Å²) in [5, 5.41) is 13.4. The van der Waals surface area contributed by atoms with Crippen molar-refractivity contribution >= 4 is 40.0 Å². The van der Waals surface area contributed by atoms with Gasteiger partial charge in [-0.15, -0.1) is 0 Å². The molecule has 7 nitrogen and oxygen atoms in total. The second-order valence-corrected chi connectivity index (χ2v) is 6.54. The third-order valence-corrected chi connectivity index (χ3v) is 4.33. The normalized spacial score (nSPS) is 12.3. The fourth-order valence-corrected chi connectivity index (χ4v) is 2.85. The van der Waals surface area contributed by atoms with Crippen LogP contribution in [-0.2, 0) is 0 Å². The number of hydrogen-bond acceptors (Lipinski definition) is 7. The second kappa shape index (κ2) is 7.03. The van der Waals surface area contributed by atoms with Crippen LogP contribution in [0.4, 0.5) is 5.69 Å². The van der Waals surface area contributed by atoms with E-state index >= 15 is 0 Å². The molecule has 0 saturated carbocycles. The molecule has 0 aliphatic rings. The minimum Gasteiger partial charge on any atom is -0.506 e. The number of fused-ring (bicyclic) bond motifs is 1. The quantitative estimate of drug-likeness (QED) is 0.344. The molecule has 0 aliphatic carbocycles. The number of anilines is 1. The van der Waals surface area contributed by atoms with Crippen LogP contribution < -0.4 is 11.1 Å². The first-order valence-corrected chi connectivity index (χ1v) is 8.64. The predicted molar refractivity (Wildman–Crippen MR) is 104 cm³/mol. The van der Waals surface area contributed by atoms with Crippen LogP contribution in [0.5, 0.6) is 5.75 Å². The number of nitrogens with two attached hydrogens (primary N) is 1. The van der Waals surface area contributed by atoms with E-state index in [0.717, 1.165) is 11.1 Å². The zero-order chi connectivity index (χ0) is 19.0. The number of hydrogen-bond donors (Lipinski definition) is 3. The SMILES string of the molecule is NC(Nc1cnc(Cl)cc1O)c1ccc(-c2nc3cnc(Cl)cc3o2)cc1. The Hall–Kier alpha value is -2.87. The average molecular weight is 402 g/mol. The summed E-state index contributed by atoms with van der Waals surface area (Å²) >= 11 is 11.6. The smallest absolute Gasteiger partial charge is 0.227 e. The van der Waals surface area contributed by atoms with E-state index in [-0.39, 0.29) is 10.9 Å². The van der Waals surface area contributed by atoms with E-state index in [1.807, 2.05) is 24.3 Å². The maximum Gasteiger partial charge on any atom is 0.227 e. The number of nitrogens with zero attached hydrogens (tertiary/aromatic N) is 3. The fraction of sp³-hybridized carbons (Fsp3) is 0.0556. The molecule has 136 valence electrons. The highest BCUT2D eigenvalue weighted by Crippen LogP contribution is 2.29. The molecule has 3 aromatic heterocycles. The van der Waals surface area contributed by atoms with E-state index in [1.54, 1.807) is 12.3 Å². The van der Waals surface area contributed by atoms with Gasteiger partial charge in [0, 0.05) is 17.7 Å². The molecule has 1 unspecified atom stereocenters. The monoisotopic (exact) mass is 401 g/mol. The van der Waals surface area contributed by atoms with Crippen LogP contribution >= 0.6 is 23.2 Å². The summed E-state index contributed by atoms with van der Waals surface area (Å²) in [6, 6.07) is 10.3. The van der Waals surface area contributed by atoms with Gasteiger partial charge in [0.05, 0.1) is 18.1 Å². The molecule has 0 fully saturated rings. The van der Waals surface area contributed by atoms with Crippen molar-refractivity contribution in [3.8, 4) is 17.2 Å². The lowest BCUT2D eigenvalue weighted by atomic mass is 10.1. The van der Waals surface area contributed by atoms with E-state index in [9.17, 15) is 5.11 Å². The first-order valence-electron chi connectivity index (χ1n) is 7.88. The van der Waals surface area contributed by atoms with Crippen LogP contribution in [0.2, 0.25) is 10.3 Å². The minimum absolute atomic E-state index is 0.0270. The van der Waals surface area contributed by atoms with Gasteiger partial charge >= 0.3 is 0 Å². The number of pyridine rings is 2. The minimum atomic E-state index is -0.556. The lowest BCUT2D eigenvalue weighted by Gasteiger charge is -2.16. The summed E-state index contributed by atoms with van der Waals surface area (Å²) in [5.74, 6) is 0.433. The fourth-order valence-electron chi connectivity index (χ4n) is 2.55. The Morgan fingerprint density at radius 1 is 1.04 bits per heavy atom. The largest absolute Gasteiger partial charge is 0.506 e. The standard InChI is InChI=1S/C18H13Cl2N5O2/c19-15-5-13(26)11(7-22-15)24-17(21)9-1-3-10(4-2-9)18-25-12-8-23-16(20)6-14(12)27-18/h1-8,17,24H,21H2,(H,22,26). The number of nitrogens with one attached hydrogen (secondary N) is 1. The molecule has 0 amide bonds. The highest BCUT2D eigenvalue weighted by molar-refractivity contribution is 6.30. The predicted octanol–water partition coefficient (Wildman–Crippen LogP) is 4.37. The molecular weight excluding hydrogens is 389 g/mol. The van der Waals surface area contributed by atoms with Gasteiger partial charge in [-0.25, -0.2) is 15.0 Å². The Morgan fingerprint density at radius 3 is 2.48 bits per heavy atom. The molecule has 0 radical (unpaired) electrons. The molecule has 0 bridgehead atoms. The van der Waals surface area contributed by atoms with Crippen molar-refractivity contribution in [2.75, 3.05) is 5.32 Å². The van der Waals surface area contributed by atoms with Crippen molar-refractivity contribution in [2.24, 2.45) is 5.73 Å². The van der Waals surface area contributed by atoms with Crippen LogP contribution in [0.15, 0.2) is 53.2 Å². The average Bonchev–Trinajstić information content (AvgIpc) is 3.07. The summed E-state index contributed by atoms with van der Waals surface area (Å²) < 4.78 is 5.72. The lowest BCUT2D eigenvalue weighted by molar-refractivity contribution is 0.475. The van der Waals surface area contributed by atoms with Gasteiger partial charge < -0.3 is 20.6 Å². The highest BCUT2D eigenvalue weighted by atomic mass is 35.5. The van der Waals surface area contributed by atoms with Gasteiger partial charge in [0.15, 0.2) is 5.58 Å². The number of aromatic nitrogens is 3. The molecule has 4 N–H and O–H groups in total. The maximum atomic E-state index is 9.89. The van der Waals surface area contributed by atoms with Gasteiger partial charge in [-0.1, -0.05) is 35.3 Å². The van der Waals surface area contributed by atoms with Crippen LogP contribution in [-0.4, -0.2) is 20.1 Å². The van der Waals surface area contributed by atoms with Gasteiger partial charge in [-0.3, -0.25) is 0 Å². The van der Waals surface area contributed by atoms with Gasteiger partial charge in [-0.05, 0) is 17.7 Å². The molecule has 1 aromatic carbocycles. The van der Waals surface area contributed by atoms with E-state index in [1.165, 1.54) is 12.3 Å². The van der Waals surface area contributed by atoms with Crippen LogP contribution in [0.25, 0.3) is 22.6 Å². The Balaban J connectivity index is 1.55. The summed E-state index contributed by atoms with van der Waals surface area (Å²) in [7, 11) is 0. The molecule has 27 heavy (non-hydrogen) atoms. The molecule has 0 aliphatic heterocycles. The molecule has 3 heterocycles. The molecule has 4 aromatic rings. The zero-order valence-corrected chi connectivity index (χ0v) is 15.2. The van der Waals surface area contributed by atoms with E-state index in [4.69, 9.17) is 33.4 Å². The van der Waals surface area contributed by atoms with Crippen LogP contribution in [0, 0.1) is 0 Å². The van der Waals surface area contributed by atoms with Crippen molar-refractivity contribution in [1.29, 1.82) is 0 Å². The summed E-state index contributed by atoms with van der Waals surface area (Å²) in [6.45, 7) is 0. The third kappa shape index (κ3) is 3.66. The van der Waals surface area contributed by atoms with E-state index in [2.05, 4.69) is 20.3 Å². The number of halogens is 2. The summed E-state index contributed by atoms with van der Waals surface area (Å²) in [4.78, 5) is 12.3. The second-order valence-electron chi connectivity index (χ2n) is 5.76. The first-order chi connectivity index (χ1) is 13.0. The van der Waals surface area contributed by atoms with Crippen molar-refractivity contribution in [3.05, 3.63) is 64.7 Å². The van der Waals surface area contributed by atoms with E-state index < -0.39 is 6.17 Å². The number of oxazole rings is 1. The van der Waals surface area contributed by atoms with Gasteiger partial charge in [0.1, 0.15) is 27.7 Å². The number of aromatic hydroxyl groups is 1. The van der Waals surface area contributed by atoms with Crippen LogP contribution in [0.3, 0.4) is 0 Å². The summed E-state index contributed by atoms with van der Waals surface area (Å²) in [5.41, 5.74) is 9.33. The first kappa shape index (κ1) is 17.5. The Morgan fingerprint density at radius 2 is 1.74 bits per heavy atom. The molecular formula is C18H13Cl2N5O2. The lowest BCUT2D eigenvalue weighted by Crippen LogP contribution is -2.20. The Kier molecular flexibility index (Phi) is 4.57. The number of benzene rings is 1. The van der Waals surface area contributed by atoms with Crippen molar-refractivity contribution in [2.45, 2.75) is 6.17 Å². The van der Waals surface area contributed by atoms with Crippen molar-refractivity contribution < 1.29 is 9.52 Å². The Bertz CT molecular complexity index is 1110. The van der Waals surface area contributed by atoms with E-state index in [0.29, 0.717) is 27.8 Å². The third-order valence-electron chi connectivity index (χ3n) is 3.92. The van der Waals surface area contributed by atoms with Gasteiger partial charge in [0.2, 0.25) is 5.89 Å². The Labute approximate surface area is 163 Å². The van der Waals surface area contributed by atoms with Gasteiger partial charge in [0.25, 0.3) is 0 Å². The van der Waals surface area contributed by atoms with Crippen molar-refractivity contribution in [3.63, 3.8) is 0 Å². The van der Waals surface area contributed by atoms with Crippen LogP contribution in [0.1, 0.15) is 11.7 Å². The molecule has 1 atom stereocenters. The maximum absolute atomic E-state index is 9.89. The number of rotatable bonds is 4. The summed E-state index contributed by atoms with van der Waals surface area (Å²) in [6.07, 6.45) is 2.43. The molecule has 0 spiro atoms. The molecule has 0 saturated heterocycles. The zero-order valence-electron chi connectivity index (χ0n) is 13.7. The topological polar surface area (TPSA) is 110 Å². The molecule has 4 rings (SSSR count). The molecule has 9 heteroatoms. The van der Waals surface area contributed by atoms with Crippen molar-refractivity contribution in [1.82, 2.24) is 15.0 Å². The van der Waals surface area contributed by atoms with Gasteiger partial charge in [-0.2, -0.15) is 0 Å².